The fraction of sp³-hybridized carbons (Fsp3) is 0.0526. The molecule has 6 nitrogen and oxygen atoms in total. The van der Waals surface area contributed by atoms with E-state index in [1.54, 1.807) is 35.0 Å². The minimum Gasteiger partial charge on any atom is -0.306 e. The average molecular weight is 362 g/mol. The topological polar surface area (TPSA) is 86.8 Å². The molecule has 0 fully saturated rings. The van der Waals surface area contributed by atoms with Crippen LogP contribution in [0.3, 0.4) is 0 Å². The molecule has 126 valence electrons. The van der Waals surface area contributed by atoms with Gasteiger partial charge in [0, 0.05) is 23.5 Å². The van der Waals surface area contributed by atoms with E-state index in [1.165, 1.54) is 6.07 Å². The number of fused-ring (bicyclic) bond motifs is 1. The molecule has 0 aliphatic rings. The molecule has 0 unspecified atom stereocenters. The van der Waals surface area contributed by atoms with Crippen LogP contribution in [0.15, 0.2) is 53.5 Å². The Morgan fingerprint density at radius 1 is 1.19 bits per heavy atom. The molecule has 7 heteroatoms. The lowest BCUT2D eigenvalue weighted by atomic mass is 10.0. The second kappa shape index (κ2) is 6.14. The van der Waals surface area contributed by atoms with Gasteiger partial charge in [-0.1, -0.05) is 23.7 Å². The van der Waals surface area contributed by atoms with E-state index in [9.17, 15) is 10.1 Å². The van der Waals surface area contributed by atoms with Crippen molar-refractivity contribution >= 4 is 17.2 Å². The molecule has 3 aromatic heterocycles. The number of hydrogen-bond acceptors (Lipinski definition) is 4. The van der Waals surface area contributed by atoms with Crippen LogP contribution in [0, 0.1) is 18.3 Å². The van der Waals surface area contributed by atoms with E-state index < -0.39 is 0 Å². The van der Waals surface area contributed by atoms with Gasteiger partial charge in [-0.25, -0.2) is 9.50 Å². The maximum Gasteiger partial charge on any atom is 0.251 e. The third kappa shape index (κ3) is 2.75. The Kier molecular flexibility index (Phi) is 3.79. The van der Waals surface area contributed by atoms with E-state index >= 15 is 0 Å². The standard InChI is InChI=1S/C19H12ClN5O/c1-11-7-14(9-15(20)22-11)17-18(13-4-2-3-12(8-13)10-21)24-25-6-5-16(26)23-19(17)25/h2-9H,1H3,(H,23,26). The molecule has 3 heterocycles. The predicted octanol–water partition coefficient (Wildman–Crippen LogP) is 3.59. The highest BCUT2D eigenvalue weighted by Gasteiger charge is 2.18. The highest BCUT2D eigenvalue weighted by atomic mass is 35.5. The van der Waals surface area contributed by atoms with E-state index in [1.807, 2.05) is 19.1 Å². The van der Waals surface area contributed by atoms with Crippen LogP contribution in [0.5, 0.6) is 0 Å². The lowest BCUT2D eigenvalue weighted by Crippen LogP contribution is -2.06. The van der Waals surface area contributed by atoms with Crippen LogP contribution in [-0.4, -0.2) is 19.6 Å². The van der Waals surface area contributed by atoms with Gasteiger partial charge in [0.05, 0.1) is 17.2 Å². The smallest absolute Gasteiger partial charge is 0.251 e. The molecular formula is C19H12ClN5O. The molecule has 0 aliphatic heterocycles. The summed E-state index contributed by atoms with van der Waals surface area (Å²) in [4.78, 5) is 18.9. The van der Waals surface area contributed by atoms with Crippen molar-refractivity contribution in [3.8, 4) is 28.5 Å². The van der Waals surface area contributed by atoms with Gasteiger partial charge in [-0.15, -0.1) is 0 Å². The molecular weight excluding hydrogens is 350 g/mol. The highest BCUT2D eigenvalue weighted by molar-refractivity contribution is 6.29. The largest absolute Gasteiger partial charge is 0.306 e. The molecule has 0 atom stereocenters. The van der Waals surface area contributed by atoms with Gasteiger partial charge in [-0.2, -0.15) is 10.4 Å². The number of nitrogens with one attached hydrogen (secondary N) is 1. The van der Waals surface area contributed by atoms with Crippen LogP contribution in [0.1, 0.15) is 11.3 Å². The van der Waals surface area contributed by atoms with Crippen LogP contribution in [0.2, 0.25) is 5.15 Å². The maximum absolute atomic E-state index is 11.9. The zero-order valence-corrected chi connectivity index (χ0v) is 14.4. The summed E-state index contributed by atoms with van der Waals surface area (Å²) in [5.41, 5.74) is 4.54. The summed E-state index contributed by atoms with van der Waals surface area (Å²) >= 11 is 6.14. The minimum atomic E-state index is -0.229. The van der Waals surface area contributed by atoms with Gasteiger partial charge in [0.2, 0.25) is 0 Å². The van der Waals surface area contributed by atoms with Gasteiger partial charge in [0.25, 0.3) is 5.56 Å². The van der Waals surface area contributed by atoms with E-state index in [-0.39, 0.29) is 5.56 Å². The molecule has 0 radical (unpaired) electrons. The quantitative estimate of drug-likeness (QED) is 0.553. The van der Waals surface area contributed by atoms with E-state index in [0.29, 0.717) is 22.1 Å². The molecule has 0 saturated carbocycles. The first-order chi connectivity index (χ1) is 12.5. The summed E-state index contributed by atoms with van der Waals surface area (Å²) in [7, 11) is 0. The van der Waals surface area contributed by atoms with Gasteiger partial charge in [-0.3, -0.25) is 4.79 Å². The fourth-order valence-electron chi connectivity index (χ4n) is 2.94. The van der Waals surface area contributed by atoms with Crippen LogP contribution in [-0.2, 0) is 0 Å². The van der Waals surface area contributed by atoms with Crippen LogP contribution >= 0.6 is 11.6 Å². The van der Waals surface area contributed by atoms with Crippen molar-refractivity contribution in [2.45, 2.75) is 6.92 Å². The molecule has 1 N–H and O–H groups in total. The third-order valence-electron chi connectivity index (χ3n) is 4.00. The number of nitrogens with zero attached hydrogens (tertiary/aromatic N) is 4. The number of H-pyrrole nitrogens is 1. The first-order valence-corrected chi connectivity index (χ1v) is 8.20. The van der Waals surface area contributed by atoms with Crippen LogP contribution in [0.25, 0.3) is 28.0 Å². The third-order valence-corrected chi connectivity index (χ3v) is 4.19. The van der Waals surface area contributed by atoms with E-state index in [0.717, 1.165) is 22.4 Å². The summed E-state index contributed by atoms with van der Waals surface area (Å²) in [5.74, 6) is 0. The molecule has 0 bridgehead atoms. The Bertz CT molecular complexity index is 1230. The second-order valence-electron chi connectivity index (χ2n) is 5.83. The zero-order chi connectivity index (χ0) is 18.3. The van der Waals surface area contributed by atoms with Crippen molar-refractivity contribution in [2.24, 2.45) is 0 Å². The SMILES string of the molecule is Cc1cc(-c2c(-c3cccc(C#N)c3)nn3ccc(=O)[nH]c23)cc(Cl)n1. The van der Waals surface area contributed by atoms with Gasteiger partial charge in [0.15, 0.2) is 0 Å². The molecule has 4 rings (SSSR count). The van der Waals surface area contributed by atoms with Crippen molar-refractivity contribution in [3.63, 3.8) is 0 Å². The van der Waals surface area contributed by atoms with Crippen LogP contribution in [0.4, 0.5) is 0 Å². The van der Waals surface area contributed by atoms with Crippen molar-refractivity contribution < 1.29 is 0 Å². The first kappa shape index (κ1) is 16.1. The maximum atomic E-state index is 11.9. The fourth-order valence-corrected chi connectivity index (χ4v) is 3.19. The second-order valence-corrected chi connectivity index (χ2v) is 6.22. The van der Waals surface area contributed by atoms with E-state index in [2.05, 4.69) is 21.1 Å². The summed E-state index contributed by atoms with van der Waals surface area (Å²) in [6.07, 6.45) is 1.60. The number of aromatic nitrogens is 4. The Balaban J connectivity index is 2.10. The molecule has 26 heavy (non-hydrogen) atoms. The van der Waals surface area contributed by atoms with Gasteiger partial charge in [-0.05, 0) is 36.8 Å². The summed E-state index contributed by atoms with van der Waals surface area (Å²) in [5, 5.41) is 14.2. The summed E-state index contributed by atoms with van der Waals surface area (Å²) in [6.45, 7) is 1.85. The predicted molar refractivity (Wildman–Crippen MR) is 98.9 cm³/mol. The Morgan fingerprint density at radius 3 is 2.81 bits per heavy atom. The lowest BCUT2D eigenvalue weighted by Gasteiger charge is -2.06. The minimum absolute atomic E-state index is 0.229. The number of aromatic amines is 1. The van der Waals surface area contributed by atoms with Gasteiger partial charge in [0.1, 0.15) is 16.5 Å². The number of pyridine rings is 1. The molecule has 1 aromatic carbocycles. The van der Waals surface area contributed by atoms with Crippen molar-refractivity contribution in [1.29, 1.82) is 5.26 Å². The summed E-state index contributed by atoms with van der Waals surface area (Å²) in [6, 6.07) is 14.3. The lowest BCUT2D eigenvalue weighted by molar-refractivity contribution is 0.934. The molecule has 0 aliphatic carbocycles. The Morgan fingerprint density at radius 2 is 2.04 bits per heavy atom. The number of aryl methyl sites for hydroxylation is 1. The summed E-state index contributed by atoms with van der Waals surface area (Å²) < 4.78 is 1.61. The number of hydrogen-bond donors (Lipinski definition) is 1. The number of benzene rings is 1. The number of halogens is 1. The van der Waals surface area contributed by atoms with Crippen molar-refractivity contribution in [2.75, 3.05) is 0 Å². The van der Waals surface area contributed by atoms with Crippen molar-refractivity contribution in [1.82, 2.24) is 19.6 Å². The molecule has 0 saturated heterocycles. The molecule has 4 aromatic rings. The normalized spacial score (nSPS) is 10.8. The highest BCUT2D eigenvalue weighted by Crippen LogP contribution is 2.35. The Hall–Kier alpha value is -3.43. The zero-order valence-electron chi connectivity index (χ0n) is 13.7. The molecule has 0 amide bonds. The average Bonchev–Trinajstić information content (AvgIpc) is 2.99. The van der Waals surface area contributed by atoms with Gasteiger partial charge < -0.3 is 4.98 Å². The first-order valence-electron chi connectivity index (χ1n) is 7.82. The van der Waals surface area contributed by atoms with Crippen LogP contribution < -0.4 is 5.56 Å². The van der Waals surface area contributed by atoms with E-state index in [4.69, 9.17) is 11.6 Å². The monoisotopic (exact) mass is 361 g/mol. The van der Waals surface area contributed by atoms with Crippen molar-refractivity contribution in [3.05, 3.63) is 75.4 Å². The van der Waals surface area contributed by atoms with Gasteiger partial charge >= 0.3 is 0 Å². The number of rotatable bonds is 2. The Labute approximate surface area is 153 Å². The molecule has 0 spiro atoms. The number of nitriles is 1.